The normalized spacial score (nSPS) is 11.1. The summed E-state index contributed by atoms with van der Waals surface area (Å²) in [6.07, 6.45) is 0. The van der Waals surface area contributed by atoms with Crippen molar-refractivity contribution in [1.29, 1.82) is 0 Å². The summed E-state index contributed by atoms with van der Waals surface area (Å²) in [5.74, 6) is -0.293. The Labute approximate surface area is 124 Å². The molecule has 2 rings (SSSR count). The summed E-state index contributed by atoms with van der Waals surface area (Å²) in [5.41, 5.74) is 0.827. The second-order valence-electron chi connectivity index (χ2n) is 4.16. The Balaban J connectivity index is 2.23. The van der Waals surface area contributed by atoms with Gasteiger partial charge in [-0.3, -0.25) is 9.52 Å². The number of phenolic OH excluding ortho intramolecular Hbond substituents is 1. The summed E-state index contributed by atoms with van der Waals surface area (Å²) in [5, 5.41) is 19.0. The van der Waals surface area contributed by atoms with E-state index < -0.39 is 10.0 Å². The van der Waals surface area contributed by atoms with Crippen LogP contribution in [0, 0.1) is 6.92 Å². The van der Waals surface area contributed by atoms with Crippen molar-refractivity contribution in [2.24, 2.45) is 0 Å². The van der Waals surface area contributed by atoms with E-state index in [0.717, 1.165) is 11.3 Å². The Morgan fingerprint density at radius 1 is 1.33 bits per heavy atom. The molecule has 1 heterocycles. The third kappa shape index (κ3) is 3.67. The van der Waals surface area contributed by atoms with Gasteiger partial charge < -0.3 is 10.4 Å². The van der Waals surface area contributed by atoms with Crippen molar-refractivity contribution in [3.63, 3.8) is 0 Å². The Morgan fingerprint density at radius 2 is 2.05 bits per heavy atom. The summed E-state index contributed by atoms with van der Waals surface area (Å²) in [6.45, 7) is 2.93. The molecule has 0 fully saturated rings. The minimum atomic E-state index is -3.90. The first-order valence-electron chi connectivity index (χ1n) is 5.71. The van der Waals surface area contributed by atoms with Crippen molar-refractivity contribution in [3.8, 4) is 5.75 Å². The molecule has 0 saturated heterocycles. The molecule has 0 aliphatic carbocycles. The van der Waals surface area contributed by atoms with Crippen molar-refractivity contribution in [2.75, 3.05) is 10.0 Å². The first kappa shape index (κ1) is 15.2. The van der Waals surface area contributed by atoms with Gasteiger partial charge >= 0.3 is 0 Å². The predicted octanol–water partition coefficient (Wildman–Crippen LogP) is 1.31. The maximum atomic E-state index is 12.1. The molecule has 112 valence electrons. The van der Waals surface area contributed by atoms with E-state index in [-0.39, 0.29) is 21.1 Å². The third-order valence-electron chi connectivity index (χ3n) is 2.37. The molecule has 10 heteroatoms. The number of nitrogens with one attached hydrogen (secondary N) is 2. The fraction of sp³-hybridized carbons (Fsp3) is 0.182. The molecule has 2 aromatic rings. The fourth-order valence-corrected chi connectivity index (χ4v) is 3.43. The number of rotatable bonds is 4. The number of amides is 1. The highest BCUT2D eigenvalue weighted by Gasteiger charge is 2.21. The molecule has 0 saturated carbocycles. The van der Waals surface area contributed by atoms with Gasteiger partial charge in [-0.25, -0.2) is 0 Å². The van der Waals surface area contributed by atoms with Gasteiger partial charge in [-0.2, -0.15) is 8.42 Å². The van der Waals surface area contributed by atoms with E-state index in [0.29, 0.717) is 11.3 Å². The monoisotopic (exact) mass is 328 g/mol. The molecule has 0 radical (unpaired) electrons. The van der Waals surface area contributed by atoms with Crippen molar-refractivity contribution < 1.29 is 18.3 Å². The third-order valence-corrected chi connectivity index (χ3v) is 4.96. The molecule has 1 amide bonds. The van der Waals surface area contributed by atoms with Gasteiger partial charge in [-0.05, 0) is 30.7 Å². The summed E-state index contributed by atoms with van der Waals surface area (Å²) in [4.78, 5) is 10.9. The van der Waals surface area contributed by atoms with E-state index in [9.17, 15) is 18.3 Å². The summed E-state index contributed by atoms with van der Waals surface area (Å²) >= 11 is 0.741. The molecule has 0 aliphatic heterocycles. The van der Waals surface area contributed by atoms with Crippen LogP contribution in [-0.4, -0.2) is 29.6 Å². The highest BCUT2D eigenvalue weighted by atomic mass is 32.2. The van der Waals surface area contributed by atoms with E-state index >= 15 is 0 Å². The van der Waals surface area contributed by atoms with Crippen LogP contribution in [0.2, 0.25) is 0 Å². The van der Waals surface area contributed by atoms with Gasteiger partial charge in [0.05, 0.1) is 0 Å². The van der Waals surface area contributed by atoms with Gasteiger partial charge in [0.15, 0.2) is 0 Å². The number of nitrogens with zero attached hydrogens (tertiary/aromatic N) is 2. The lowest BCUT2D eigenvalue weighted by atomic mass is 10.2. The molecule has 1 aromatic heterocycles. The fourth-order valence-electron chi connectivity index (χ4n) is 1.44. The van der Waals surface area contributed by atoms with Crippen LogP contribution in [0.5, 0.6) is 5.75 Å². The lowest BCUT2D eigenvalue weighted by Crippen LogP contribution is -2.12. The summed E-state index contributed by atoms with van der Waals surface area (Å²) in [6, 6.07) is 4.30. The van der Waals surface area contributed by atoms with E-state index in [1.54, 1.807) is 6.92 Å². The average Bonchev–Trinajstić information content (AvgIpc) is 2.82. The van der Waals surface area contributed by atoms with E-state index in [1.807, 2.05) is 0 Å². The van der Waals surface area contributed by atoms with Crippen molar-refractivity contribution in [3.05, 3.63) is 23.8 Å². The highest BCUT2D eigenvalue weighted by Crippen LogP contribution is 2.25. The zero-order chi connectivity index (χ0) is 15.6. The lowest BCUT2D eigenvalue weighted by Gasteiger charge is -2.06. The number of carbonyl (C=O) groups excluding carboxylic acids is 1. The van der Waals surface area contributed by atoms with E-state index in [1.165, 1.54) is 25.1 Å². The van der Waals surface area contributed by atoms with Crippen LogP contribution in [0.1, 0.15) is 12.5 Å². The van der Waals surface area contributed by atoms with Crippen molar-refractivity contribution >= 4 is 38.1 Å². The quantitative estimate of drug-likeness (QED) is 0.575. The SMILES string of the molecule is CC(=O)Nc1nnc(S(=O)(=O)Nc2ccc(O)c(C)c2)s1. The second-order valence-corrected chi connectivity index (χ2v) is 6.99. The van der Waals surface area contributed by atoms with Gasteiger partial charge in [0.25, 0.3) is 14.4 Å². The number of phenols is 1. The number of benzene rings is 1. The van der Waals surface area contributed by atoms with Gasteiger partial charge in [0.2, 0.25) is 11.0 Å². The number of carbonyl (C=O) groups is 1. The van der Waals surface area contributed by atoms with Crippen LogP contribution in [0.15, 0.2) is 22.5 Å². The van der Waals surface area contributed by atoms with Gasteiger partial charge in [-0.15, -0.1) is 10.2 Å². The smallest absolute Gasteiger partial charge is 0.291 e. The Kier molecular flexibility index (Phi) is 4.09. The molecule has 21 heavy (non-hydrogen) atoms. The highest BCUT2D eigenvalue weighted by molar-refractivity contribution is 7.94. The zero-order valence-electron chi connectivity index (χ0n) is 11.1. The Morgan fingerprint density at radius 3 is 2.67 bits per heavy atom. The van der Waals surface area contributed by atoms with Crippen LogP contribution >= 0.6 is 11.3 Å². The summed E-state index contributed by atoms with van der Waals surface area (Å²) in [7, 11) is -3.90. The molecule has 0 atom stereocenters. The number of anilines is 2. The van der Waals surface area contributed by atoms with Crippen LogP contribution in [0.25, 0.3) is 0 Å². The number of aryl methyl sites for hydroxylation is 1. The van der Waals surface area contributed by atoms with E-state index in [4.69, 9.17) is 0 Å². The van der Waals surface area contributed by atoms with Crippen LogP contribution < -0.4 is 10.0 Å². The van der Waals surface area contributed by atoms with Crippen LogP contribution in [0.4, 0.5) is 10.8 Å². The first-order valence-corrected chi connectivity index (χ1v) is 8.01. The van der Waals surface area contributed by atoms with Crippen LogP contribution in [-0.2, 0) is 14.8 Å². The second kappa shape index (κ2) is 5.66. The van der Waals surface area contributed by atoms with Gasteiger partial charge in [0.1, 0.15) is 5.75 Å². The minimum Gasteiger partial charge on any atom is -0.508 e. The molecule has 0 aliphatic rings. The Bertz CT molecular complexity index is 785. The zero-order valence-corrected chi connectivity index (χ0v) is 12.7. The number of hydrogen-bond acceptors (Lipinski definition) is 7. The maximum absolute atomic E-state index is 12.1. The molecule has 1 aromatic carbocycles. The number of aromatic hydroxyl groups is 1. The molecule has 0 unspecified atom stereocenters. The van der Waals surface area contributed by atoms with Crippen molar-refractivity contribution in [2.45, 2.75) is 18.2 Å². The molecule has 3 N–H and O–H groups in total. The predicted molar refractivity (Wildman–Crippen MR) is 77.9 cm³/mol. The molecular weight excluding hydrogens is 316 g/mol. The van der Waals surface area contributed by atoms with Gasteiger partial charge in [-0.1, -0.05) is 11.3 Å². The standard InChI is InChI=1S/C11H12N4O4S2/c1-6-5-8(3-4-9(6)17)15-21(18,19)11-14-13-10(20-11)12-7(2)16/h3-5,15,17H,1-2H3,(H,12,13,16). The molecular formula is C11H12N4O4S2. The first-order chi connectivity index (χ1) is 9.78. The maximum Gasteiger partial charge on any atom is 0.291 e. The number of aromatic nitrogens is 2. The minimum absolute atomic E-state index is 0.0711. The molecule has 0 bridgehead atoms. The number of hydrogen-bond donors (Lipinski definition) is 3. The molecule has 0 spiro atoms. The van der Waals surface area contributed by atoms with Crippen LogP contribution in [0.3, 0.4) is 0 Å². The number of sulfonamides is 1. The Hall–Kier alpha value is -2.20. The molecule has 8 nitrogen and oxygen atoms in total. The topological polar surface area (TPSA) is 121 Å². The largest absolute Gasteiger partial charge is 0.508 e. The van der Waals surface area contributed by atoms with Gasteiger partial charge in [0, 0.05) is 12.6 Å². The summed E-state index contributed by atoms with van der Waals surface area (Å²) < 4.78 is 26.3. The van der Waals surface area contributed by atoms with E-state index in [2.05, 4.69) is 20.2 Å². The average molecular weight is 328 g/mol. The lowest BCUT2D eigenvalue weighted by molar-refractivity contribution is -0.114. The van der Waals surface area contributed by atoms with Crippen molar-refractivity contribution in [1.82, 2.24) is 10.2 Å².